The highest BCUT2D eigenvalue weighted by molar-refractivity contribution is 5.90. The number of aryl methyl sites for hydroxylation is 3. The van der Waals surface area contributed by atoms with Crippen molar-refractivity contribution in [2.45, 2.75) is 45.4 Å². The molecule has 1 N–H and O–H groups in total. The van der Waals surface area contributed by atoms with E-state index in [0.29, 0.717) is 12.8 Å². The Hall–Kier alpha value is -2.62. The van der Waals surface area contributed by atoms with Gasteiger partial charge in [-0.25, -0.2) is 0 Å². The van der Waals surface area contributed by atoms with Gasteiger partial charge in [0.05, 0.1) is 0 Å². The van der Waals surface area contributed by atoms with Gasteiger partial charge in [-0.3, -0.25) is 9.59 Å². The molecule has 2 amide bonds. The third kappa shape index (κ3) is 5.95. The maximum absolute atomic E-state index is 12.1. The highest BCUT2D eigenvalue weighted by Gasteiger charge is 2.17. The Morgan fingerprint density at radius 2 is 1.41 bits per heavy atom. The van der Waals surface area contributed by atoms with Crippen molar-refractivity contribution in [3.8, 4) is 0 Å². The summed E-state index contributed by atoms with van der Waals surface area (Å²) in [6, 6.07) is 16.1. The van der Waals surface area contributed by atoms with Gasteiger partial charge in [-0.1, -0.05) is 42.0 Å². The second-order valence-corrected chi connectivity index (χ2v) is 7.32. The van der Waals surface area contributed by atoms with Crippen LogP contribution in [-0.2, 0) is 22.4 Å². The number of carbonyl (C=O) groups is 2. The zero-order valence-electron chi connectivity index (χ0n) is 16.0. The minimum absolute atomic E-state index is 0.0209. The average Bonchev–Trinajstić information content (AvgIpc) is 3.22. The summed E-state index contributed by atoms with van der Waals surface area (Å²) in [7, 11) is 0. The Morgan fingerprint density at radius 1 is 0.852 bits per heavy atom. The number of anilines is 1. The van der Waals surface area contributed by atoms with Gasteiger partial charge in [0.1, 0.15) is 0 Å². The quantitative estimate of drug-likeness (QED) is 0.803. The van der Waals surface area contributed by atoms with Crippen LogP contribution in [0.1, 0.15) is 42.4 Å². The first-order valence-electron chi connectivity index (χ1n) is 9.82. The molecule has 0 aliphatic carbocycles. The fraction of sp³-hybridized carbons (Fsp3) is 0.391. The van der Waals surface area contributed by atoms with E-state index in [-0.39, 0.29) is 11.8 Å². The minimum Gasteiger partial charge on any atom is -0.343 e. The third-order valence-electron chi connectivity index (χ3n) is 5.09. The highest BCUT2D eigenvalue weighted by Crippen LogP contribution is 2.14. The average molecular weight is 364 g/mol. The molecule has 0 spiro atoms. The van der Waals surface area contributed by atoms with Gasteiger partial charge in [-0.2, -0.15) is 0 Å². The summed E-state index contributed by atoms with van der Waals surface area (Å²) in [6.45, 7) is 3.88. The number of likely N-dealkylation sites (tertiary alicyclic amines) is 1. The van der Waals surface area contributed by atoms with Crippen molar-refractivity contribution in [2.75, 3.05) is 18.4 Å². The van der Waals surface area contributed by atoms with Gasteiger partial charge >= 0.3 is 0 Å². The minimum atomic E-state index is 0.0209. The molecule has 2 aromatic rings. The number of amides is 2. The fourth-order valence-corrected chi connectivity index (χ4v) is 3.37. The van der Waals surface area contributed by atoms with Gasteiger partial charge in [0, 0.05) is 31.6 Å². The van der Waals surface area contributed by atoms with Crippen LogP contribution in [0.25, 0.3) is 0 Å². The Kier molecular flexibility index (Phi) is 6.64. The first-order valence-corrected chi connectivity index (χ1v) is 9.82. The zero-order valence-corrected chi connectivity index (χ0v) is 16.0. The predicted octanol–water partition coefficient (Wildman–Crippen LogP) is 4.12. The Balaban J connectivity index is 1.42. The number of rotatable bonds is 7. The summed E-state index contributed by atoms with van der Waals surface area (Å²) >= 11 is 0. The molecule has 27 heavy (non-hydrogen) atoms. The van der Waals surface area contributed by atoms with E-state index in [2.05, 4.69) is 36.5 Å². The van der Waals surface area contributed by atoms with Crippen molar-refractivity contribution in [1.82, 2.24) is 4.90 Å². The van der Waals surface area contributed by atoms with Gasteiger partial charge in [-0.15, -0.1) is 0 Å². The molecule has 1 aliphatic heterocycles. The van der Waals surface area contributed by atoms with Crippen molar-refractivity contribution >= 4 is 17.5 Å². The number of nitrogens with zero attached hydrogens (tertiary/aromatic N) is 1. The van der Waals surface area contributed by atoms with Crippen molar-refractivity contribution in [3.63, 3.8) is 0 Å². The zero-order chi connectivity index (χ0) is 19.1. The Labute approximate surface area is 161 Å². The highest BCUT2D eigenvalue weighted by atomic mass is 16.2. The van der Waals surface area contributed by atoms with Crippen LogP contribution >= 0.6 is 0 Å². The van der Waals surface area contributed by atoms with Crippen LogP contribution in [0.4, 0.5) is 5.69 Å². The van der Waals surface area contributed by atoms with Gasteiger partial charge in [-0.05, 0) is 55.9 Å². The molecule has 142 valence electrons. The van der Waals surface area contributed by atoms with Gasteiger partial charge in [0.25, 0.3) is 0 Å². The lowest BCUT2D eigenvalue weighted by Gasteiger charge is -2.15. The Bertz CT molecular complexity index is 760. The molecule has 1 fully saturated rings. The van der Waals surface area contributed by atoms with E-state index >= 15 is 0 Å². The van der Waals surface area contributed by atoms with E-state index < -0.39 is 0 Å². The number of hydrogen-bond acceptors (Lipinski definition) is 2. The van der Waals surface area contributed by atoms with Crippen LogP contribution in [0.15, 0.2) is 48.5 Å². The molecule has 4 nitrogen and oxygen atoms in total. The summed E-state index contributed by atoms with van der Waals surface area (Å²) in [5.74, 6) is 0.272. The Morgan fingerprint density at radius 3 is 2.04 bits per heavy atom. The third-order valence-corrected chi connectivity index (χ3v) is 5.09. The van der Waals surface area contributed by atoms with E-state index in [1.807, 2.05) is 29.2 Å². The molecule has 0 unspecified atom stereocenters. The van der Waals surface area contributed by atoms with Crippen molar-refractivity contribution in [2.24, 2.45) is 0 Å². The van der Waals surface area contributed by atoms with Crippen LogP contribution in [0.3, 0.4) is 0 Å². The summed E-state index contributed by atoms with van der Waals surface area (Å²) in [4.78, 5) is 26.2. The van der Waals surface area contributed by atoms with Gasteiger partial charge < -0.3 is 10.2 Å². The molecule has 3 rings (SSSR count). The molecular formula is C23H28N2O2. The lowest BCUT2D eigenvalue weighted by atomic mass is 10.1. The molecule has 4 heteroatoms. The first kappa shape index (κ1) is 19.2. The molecular weight excluding hydrogens is 336 g/mol. The summed E-state index contributed by atoms with van der Waals surface area (Å²) in [6.07, 6.45) is 4.77. The molecule has 2 aromatic carbocycles. The molecule has 1 aliphatic rings. The van der Waals surface area contributed by atoms with Crippen LogP contribution < -0.4 is 5.32 Å². The standard InChI is InChI=1S/C23H28N2O2/c1-18-4-6-19(7-5-18)10-14-22(26)24-21-12-8-20(9-13-21)11-15-23(27)25-16-2-3-17-25/h4-9,12-13H,2-3,10-11,14-17H2,1H3,(H,24,26). The lowest BCUT2D eigenvalue weighted by Crippen LogP contribution is -2.27. The maximum atomic E-state index is 12.1. The normalized spacial score (nSPS) is 13.6. The molecule has 1 heterocycles. The van der Waals surface area contributed by atoms with E-state index in [4.69, 9.17) is 0 Å². The van der Waals surface area contributed by atoms with E-state index in [1.54, 1.807) is 0 Å². The second kappa shape index (κ2) is 9.36. The second-order valence-electron chi connectivity index (χ2n) is 7.32. The summed E-state index contributed by atoms with van der Waals surface area (Å²) < 4.78 is 0. The van der Waals surface area contributed by atoms with Crippen LogP contribution in [0.5, 0.6) is 0 Å². The molecule has 0 bridgehead atoms. The summed E-state index contributed by atoms with van der Waals surface area (Å²) in [5, 5.41) is 2.95. The largest absolute Gasteiger partial charge is 0.343 e. The fourth-order valence-electron chi connectivity index (χ4n) is 3.37. The first-order chi connectivity index (χ1) is 13.1. The van der Waals surface area contributed by atoms with E-state index in [1.165, 1.54) is 11.1 Å². The van der Waals surface area contributed by atoms with Crippen molar-refractivity contribution < 1.29 is 9.59 Å². The van der Waals surface area contributed by atoms with Crippen LogP contribution in [0, 0.1) is 6.92 Å². The van der Waals surface area contributed by atoms with Gasteiger partial charge in [0.15, 0.2) is 0 Å². The molecule has 0 radical (unpaired) electrons. The van der Waals surface area contributed by atoms with E-state index in [9.17, 15) is 9.59 Å². The van der Waals surface area contributed by atoms with E-state index in [0.717, 1.165) is 50.0 Å². The smallest absolute Gasteiger partial charge is 0.224 e. The monoisotopic (exact) mass is 364 g/mol. The number of benzene rings is 2. The van der Waals surface area contributed by atoms with Crippen molar-refractivity contribution in [3.05, 3.63) is 65.2 Å². The van der Waals surface area contributed by atoms with Gasteiger partial charge in [0.2, 0.25) is 11.8 Å². The topological polar surface area (TPSA) is 49.4 Å². The van der Waals surface area contributed by atoms with Crippen LogP contribution in [0.2, 0.25) is 0 Å². The lowest BCUT2D eigenvalue weighted by molar-refractivity contribution is -0.130. The SMILES string of the molecule is Cc1ccc(CCC(=O)Nc2ccc(CCC(=O)N3CCCC3)cc2)cc1. The predicted molar refractivity (Wildman–Crippen MR) is 109 cm³/mol. The number of nitrogens with one attached hydrogen (secondary N) is 1. The van der Waals surface area contributed by atoms with Crippen LogP contribution in [-0.4, -0.2) is 29.8 Å². The van der Waals surface area contributed by atoms with Crippen molar-refractivity contribution in [1.29, 1.82) is 0 Å². The number of hydrogen-bond donors (Lipinski definition) is 1. The molecule has 0 aromatic heterocycles. The molecule has 0 saturated carbocycles. The number of carbonyl (C=O) groups excluding carboxylic acids is 2. The molecule has 1 saturated heterocycles. The summed E-state index contributed by atoms with van der Waals surface area (Å²) in [5.41, 5.74) is 4.33. The maximum Gasteiger partial charge on any atom is 0.224 e. The molecule has 0 atom stereocenters.